The molecule has 18 heavy (non-hydrogen) atoms. The highest BCUT2D eigenvalue weighted by Crippen LogP contribution is 2.37. The lowest BCUT2D eigenvalue weighted by molar-refractivity contribution is 0.285. The van der Waals surface area contributed by atoms with Crippen LogP contribution in [0.2, 0.25) is 0 Å². The molecule has 0 bridgehead atoms. The number of nitrogens with one attached hydrogen (secondary N) is 1. The Morgan fingerprint density at radius 1 is 1.28 bits per heavy atom. The Labute approximate surface area is 114 Å². The molecule has 94 valence electrons. The normalized spacial score (nSPS) is 22.7. The summed E-state index contributed by atoms with van der Waals surface area (Å²) in [6.45, 7) is 0.689. The van der Waals surface area contributed by atoms with Gasteiger partial charge in [0, 0.05) is 10.5 Å². The van der Waals surface area contributed by atoms with Gasteiger partial charge in [-0.15, -0.1) is 0 Å². The third kappa shape index (κ3) is 2.62. The molecule has 4 nitrogen and oxygen atoms in total. The molecule has 0 spiro atoms. The lowest BCUT2D eigenvalue weighted by Gasteiger charge is -2.36. The molecule has 2 aromatic rings. The molecule has 0 unspecified atom stereocenters. The molecule has 3 rings (SSSR count). The van der Waals surface area contributed by atoms with Gasteiger partial charge in [0.15, 0.2) is 5.82 Å². The molecule has 1 fully saturated rings. The predicted molar refractivity (Wildman–Crippen MR) is 71.0 cm³/mol. The van der Waals surface area contributed by atoms with Crippen molar-refractivity contribution in [1.29, 1.82) is 0 Å². The summed E-state index contributed by atoms with van der Waals surface area (Å²) < 4.78 is 5.83. The summed E-state index contributed by atoms with van der Waals surface area (Å²) in [4.78, 5) is 3.99. The van der Waals surface area contributed by atoms with Gasteiger partial charge in [-0.05, 0) is 36.5 Å². The van der Waals surface area contributed by atoms with E-state index in [1.807, 2.05) is 0 Å². The van der Waals surface area contributed by atoms with Crippen LogP contribution >= 0.6 is 15.9 Å². The molecule has 5 heteroatoms. The summed E-state index contributed by atoms with van der Waals surface area (Å²) in [6, 6.07) is 9.18. The van der Waals surface area contributed by atoms with Crippen LogP contribution in [0, 0.1) is 0 Å². The van der Waals surface area contributed by atoms with Crippen LogP contribution in [-0.2, 0) is 6.54 Å². The van der Waals surface area contributed by atoms with Gasteiger partial charge < -0.3 is 9.84 Å². The highest BCUT2D eigenvalue weighted by molar-refractivity contribution is 9.10. The third-order valence-corrected chi connectivity index (χ3v) is 3.96. The second kappa shape index (κ2) is 5.20. The summed E-state index contributed by atoms with van der Waals surface area (Å²) in [5.41, 5.74) is 1.43. The number of halogens is 1. The number of nitrogens with zero attached hydrogens (tertiary/aromatic N) is 2. The molecule has 1 aromatic carbocycles. The maximum absolute atomic E-state index is 4.69. The monoisotopic (exact) mass is 307 g/mol. The Morgan fingerprint density at radius 3 is 2.72 bits per heavy atom. The second-order valence-corrected chi connectivity index (χ2v) is 5.56. The Hall–Kier alpha value is -1.20. The number of hydrogen-bond acceptors (Lipinski definition) is 4. The van der Waals surface area contributed by atoms with Crippen LogP contribution in [-0.4, -0.2) is 16.2 Å². The molecule has 1 saturated carbocycles. The fourth-order valence-corrected chi connectivity index (χ4v) is 2.56. The molecule has 1 aliphatic rings. The van der Waals surface area contributed by atoms with Crippen molar-refractivity contribution in [3.63, 3.8) is 0 Å². The maximum Gasteiger partial charge on any atom is 0.213 e. The van der Waals surface area contributed by atoms with Crippen molar-refractivity contribution in [2.24, 2.45) is 0 Å². The van der Waals surface area contributed by atoms with E-state index in [9.17, 15) is 0 Å². The zero-order valence-corrected chi connectivity index (χ0v) is 11.4. The first kappa shape index (κ1) is 11.9. The first-order valence-corrected chi connectivity index (χ1v) is 6.84. The average molecular weight is 308 g/mol. The summed E-state index contributed by atoms with van der Waals surface area (Å²) in [6.07, 6.45) is 3.72. The zero-order chi connectivity index (χ0) is 12.4. The molecule has 0 atom stereocenters. The van der Waals surface area contributed by atoms with Gasteiger partial charge in [0.05, 0.1) is 6.54 Å². The van der Waals surface area contributed by atoms with Gasteiger partial charge in [0.1, 0.15) is 0 Å². The summed E-state index contributed by atoms with van der Waals surface area (Å²) >= 11 is 3.46. The van der Waals surface area contributed by atoms with Gasteiger partial charge in [0.2, 0.25) is 6.39 Å². The van der Waals surface area contributed by atoms with Crippen LogP contribution in [0.3, 0.4) is 0 Å². The quantitative estimate of drug-likeness (QED) is 0.943. The molecule has 1 N–H and O–H groups in total. The van der Waals surface area contributed by atoms with Gasteiger partial charge in [0.25, 0.3) is 0 Å². The van der Waals surface area contributed by atoms with E-state index >= 15 is 0 Å². The lowest BCUT2D eigenvalue weighted by Crippen LogP contribution is -2.39. The number of aromatic nitrogens is 2. The molecule has 1 aliphatic carbocycles. The van der Waals surface area contributed by atoms with Crippen molar-refractivity contribution in [2.75, 3.05) is 0 Å². The largest absolute Gasteiger partial charge is 0.343 e. The minimum absolute atomic E-state index is 0.567. The Morgan fingerprint density at radius 2 is 2.06 bits per heavy atom. The highest BCUT2D eigenvalue weighted by atomic mass is 79.9. The van der Waals surface area contributed by atoms with Crippen LogP contribution in [0.25, 0.3) is 0 Å². The standard InChI is InChI=1S/C13H14BrN3O/c14-11-3-1-9(2-4-11)10-5-12(6-10)15-7-13-16-8-18-17-13/h1-4,8,10,12,15H,5-7H2. The molecule has 0 radical (unpaired) electrons. The highest BCUT2D eigenvalue weighted by Gasteiger charge is 2.29. The minimum atomic E-state index is 0.567. The van der Waals surface area contributed by atoms with Gasteiger partial charge in [-0.2, -0.15) is 4.98 Å². The van der Waals surface area contributed by atoms with Crippen molar-refractivity contribution in [2.45, 2.75) is 31.3 Å². The fourth-order valence-electron chi connectivity index (χ4n) is 2.30. The van der Waals surface area contributed by atoms with Crippen LogP contribution in [0.4, 0.5) is 0 Å². The summed E-state index contributed by atoms with van der Waals surface area (Å²) in [7, 11) is 0. The molecular formula is C13H14BrN3O. The lowest BCUT2D eigenvalue weighted by atomic mass is 9.76. The van der Waals surface area contributed by atoms with Gasteiger partial charge in [-0.25, -0.2) is 0 Å². The molecular weight excluding hydrogens is 294 g/mol. The van der Waals surface area contributed by atoms with Crippen molar-refractivity contribution < 1.29 is 4.52 Å². The van der Waals surface area contributed by atoms with E-state index in [1.54, 1.807) is 0 Å². The Balaban J connectivity index is 1.47. The van der Waals surface area contributed by atoms with Crippen molar-refractivity contribution in [3.05, 3.63) is 46.5 Å². The molecule has 1 heterocycles. The van der Waals surface area contributed by atoms with Gasteiger partial charge in [-0.3, -0.25) is 0 Å². The number of hydrogen-bond donors (Lipinski definition) is 1. The van der Waals surface area contributed by atoms with E-state index < -0.39 is 0 Å². The third-order valence-electron chi connectivity index (χ3n) is 3.44. The van der Waals surface area contributed by atoms with Crippen LogP contribution in [0.15, 0.2) is 39.7 Å². The first-order valence-electron chi connectivity index (χ1n) is 6.05. The van der Waals surface area contributed by atoms with E-state index in [0.29, 0.717) is 18.5 Å². The molecule has 0 saturated heterocycles. The fraction of sp³-hybridized carbons (Fsp3) is 0.385. The SMILES string of the molecule is Brc1ccc(C2CC(NCc3ncon3)C2)cc1. The number of benzene rings is 1. The van der Waals surface area contributed by atoms with E-state index in [4.69, 9.17) is 4.52 Å². The molecule has 0 amide bonds. The van der Waals surface area contributed by atoms with Crippen LogP contribution in [0.5, 0.6) is 0 Å². The van der Waals surface area contributed by atoms with Crippen LogP contribution < -0.4 is 5.32 Å². The zero-order valence-electron chi connectivity index (χ0n) is 9.84. The topological polar surface area (TPSA) is 51.0 Å². The summed E-state index contributed by atoms with van der Waals surface area (Å²) in [5, 5.41) is 7.22. The van der Waals surface area contributed by atoms with E-state index in [0.717, 1.165) is 10.3 Å². The summed E-state index contributed by atoms with van der Waals surface area (Å²) in [5.74, 6) is 1.41. The van der Waals surface area contributed by atoms with Gasteiger partial charge >= 0.3 is 0 Å². The van der Waals surface area contributed by atoms with Crippen molar-refractivity contribution >= 4 is 15.9 Å². The molecule has 0 aliphatic heterocycles. The first-order chi connectivity index (χ1) is 8.81. The Kier molecular flexibility index (Phi) is 3.43. The Bertz CT molecular complexity index is 491. The van der Waals surface area contributed by atoms with Crippen molar-refractivity contribution in [3.8, 4) is 0 Å². The van der Waals surface area contributed by atoms with Crippen LogP contribution in [0.1, 0.15) is 30.1 Å². The van der Waals surface area contributed by atoms with Gasteiger partial charge in [-0.1, -0.05) is 33.2 Å². The smallest absolute Gasteiger partial charge is 0.213 e. The van der Waals surface area contributed by atoms with E-state index in [1.165, 1.54) is 24.8 Å². The van der Waals surface area contributed by atoms with E-state index in [2.05, 4.69) is 55.7 Å². The molecule has 1 aromatic heterocycles. The average Bonchev–Trinajstić information content (AvgIpc) is 2.82. The predicted octanol–water partition coefficient (Wildman–Crippen LogP) is 2.87. The second-order valence-electron chi connectivity index (χ2n) is 4.65. The number of rotatable bonds is 4. The van der Waals surface area contributed by atoms with E-state index in [-0.39, 0.29) is 0 Å². The van der Waals surface area contributed by atoms with Crippen molar-refractivity contribution in [1.82, 2.24) is 15.5 Å². The minimum Gasteiger partial charge on any atom is -0.343 e. The maximum atomic E-state index is 4.69.